The molecule has 0 aliphatic carbocycles. The first-order chi connectivity index (χ1) is 14.5. The standard InChI is InChI=1S/C23H18N2O3S2/c26-21(29)14-18(23(27)30)22-24-19-12-11-17(13-20(19)28-22)25(15-7-3-1-4-8-15)16-9-5-2-6-10-16/h1-13,18H,14H2,(H,26,29)(H,27,30). The van der Waals surface area contributed by atoms with E-state index in [1.807, 2.05) is 78.9 Å². The Kier molecular flexibility index (Phi) is 5.92. The minimum Gasteiger partial charge on any atom is -0.440 e. The topological polar surface area (TPSA) is 63.4 Å². The molecular formula is C23H18N2O3S2. The van der Waals surface area contributed by atoms with Gasteiger partial charge in [-0.25, -0.2) is 4.98 Å². The minimum atomic E-state index is -0.867. The van der Waals surface area contributed by atoms with Crippen LogP contribution in [0.3, 0.4) is 0 Å². The fourth-order valence-corrected chi connectivity index (χ4v) is 3.66. The van der Waals surface area contributed by atoms with Crippen molar-refractivity contribution in [2.45, 2.75) is 12.3 Å². The van der Waals surface area contributed by atoms with Crippen molar-refractivity contribution in [3.63, 3.8) is 0 Å². The molecule has 0 N–H and O–H groups in total. The number of carbonyl (C=O) groups is 2. The van der Waals surface area contributed by atoms with Gasteiger partial charge >= 0.3 is 0 Å². The van der Waals surface area contributed by atoms with Crippen LogP contribution in [0.1, 0.15) is 18.2 Å². The molecule has 0 bridgehead atoms. The van der Waals surface area contributed by atoms with E-state index in [4.69, 9.17) is 4.42 Å². The van der Waals surface area contributed by atoms with E-state index in [1.54, 1.807) is 0 Å². The number of para-hydroxylation sites is 2. The van der Waals surface area contributed by atoms with Gasteiger partial charge in [0, 0.05) is 29.5 Å². The molecule has 7 heteroatoms. The summed E-state index contributed by atoms with van der Waals surface area (Å²) >= 11 is 7.64. The lowest BCUT2D eigenvalue weighted by molar-refractivity contribution is -0.117. The van der Waals surface area contributed by atoms with Crippen LogP contribution in [0.4, 0.5) is 17.1 Å². The van der Waals surface area contributed by atoms with Gasteiger partial charge in [-0.2, -0.15) is 0 Å². The lowest BCUT2D eigenvalue weighted by atomic mass is 10.1. The number of anilines is 3. The van der Waals surface area contributed by atoms with Gasteiger partial charge in [0.1, 0.15) is 11.4 Å². The number of thiol groups is 2. The average molecular weight is 435 g/mol. The summed E-state index contributed by atoms with van der Waals surface area (Å²) in [5, 5.41) is -0.913. The van der Waals surface area contributed by atoms with Crippen LogP contribution in [0.25, 0.3) is 11.1 Å². The summed E-state index contributed by atoms with van der Waals surface area (Å²) in [7, 11) is 0. The van der Waals surface area contributed by atoms with Gasteiger partial charge in [0.25, 0.3) is 0 Å². The molecule has 1 unspecified atom stereocenters. The summed E-state index contributed by atoms with van der Waals surface area (Å²) in [5.74, 6) is -0.705. The summed E-state index contributed by atoms with van der Waals surface area (Å²) in [6.07, 6.45) is -0.120. The number of oxazole rings is 1. The molecule has 4 rings (SSSR count). The molecule has 0 aliphatic rings. The SMILES string of the molecule is O=C(S)CC(C(=O)S)c1nc2ccc(N(c3ccccc3)c3ccccc3)cc2o1. The Labute approximate surface area is 184 Å². The Balaban J connectivity index is 1.79. The number of carbonyl (C=O) groups excluding carboxylic acids is 2. The third-order valence-corrected chi connectivity index (χ3v) is 5.14. The monoisotopic (exact) mass is 434 g/mol. The van der Waals surface area contributed by atoms with Gasteiger partial charge in [-0.15, -0.1) is 25.3 Å². The van der Waals surface area contributed by atoms with Gasteiger partial charge in [-0.05, 0) is 36.4 Å². The first-order valence-electron chi connectivity index (χ1n) is 9.28. The van der Waals surface area contributed by atoms with Crippen LogP contribution >= 0.6 is 25.3 Å². The second kappa shape index (κ2) is 8.77. The molecule has 30 heavy (non-hydrogen) atoms. The van der Waals surface area contributed by atoms with Crippen molar-refractivity contribution in [2.75, 3.05) is 4.90 Å². The maximum atomic E-state index is 11.9. The number of nitrogens with zero attached hydrogens (tertiary/aromatic N) is 2. The van der Waals surface area contributed by atoms with Gasteiger partial charge in [-0.1, -0.05) is 36.4 Å². The van der Waals surface area contributed by atoms with Crippen LogP contribution < -0.4 is 4.90 Å². The Morgan fingerprint density at radius 2 is 1.47 bits per heavy atom. The number of fused-ring (bicyclic) bond motifs is 1. The van der Waals surface area contributed by atoms with E-state index in [0.717, 1.165) is 17.1 Å². The lowest BCUT2D eigenvalue weighted by Gasteiger charge is -2.25. The highest BCUT2D eigenvalue weighted by molar-refractivity contribution is 7.97. The largest absolute Gasteiger partial charge is 0.440 e. The number of rotatable bonds is 7. The number of hydrogen-bond donors (Lipinski definition) is 2. The predicted molar refractivity (Wildman–Crippen MR) is 124 cm³/mol. The zero-order valence-electron chi connectivity index (χ0n) is 15.8. The number of aromatic nitrogens is 1. The van der Waals surface area contributed by atoms with E-state index >= 15 is 0 Å². The van der Waals surface area contributed by atoms with E-state index in [-0.39, 0.29) is 12.3 Å². The van der Waals surface area contributed by atoms with Crippen LogP contribution in [-0.2, 0) is 9.59 Å². The van der Waals surface area contributed by atoms with Gasteiger partial charge in [0.2, 0.25) is 5.89 Å². The summed E-state index contributed by atoms with van der Waals surface area (Å²) in [6.45, 7) is 0. The van der Waals surface area contributed by atoms with Crippen LogP contribution in [0.5, 0.6) is 0 Å². The molecule has 1 aromatic heterocycles. The third-order valence-electron chi connectivity index (χ3n) is 4.65. The quantitative estimate of drug-likeness (QED) is 0.366. The Morgan fingerprint density at radius 3 is 2.00 bits per heavy atom. The van der Waals surface area contributed by atoms with Crippen molar-refractivity contribution < 1.29 is 14.0 Å². The molecule has 0 saturated carbocycles. The molecule has 4 aromatic rings. The predicted octanol–water partition coefficient (Wildman–Crippen LogP) is 5.68. The number of benzene rings is 3. The summed E-state index contributed by atoms with van der Waals surface area (Å²) in [5.41, 5.74) is 3.98. The van der Waals surface area contributed by atoms with Crippen molar-refractivity contribution in [1.29, 1.82) is 0 Å². The summed E-state index contributed by atoms with van der Waals surface area (Å²) in [4.78, 5) is 29.8. The molecule has 0 saturated heterocycles. The first kappa shape index (κ1) is 20.3. The molecule has 150 valence electrons. The van der Waals surface area contributed by atoms with E-state index in [2.05, 4.69) is 35.1 Å². The highest BCUT2D eigenvalue weighted by Crippen LogP contribution is 2.36. The van der Waals surface area contributed by atoms with Gasteiger partial charge in [0.05, 0.1) is 0 Å². The van der Waals surface area contributed by atoms with E-state index in [1.165, 1.54) is 0 Å². The van der Waals surface area contributed by atoms with Crippen molar-refractivity contribution in [1.82, 2.24) is 4.98 Å². The Hall–Kier alpha value is -3.03. The zero-order valence-corrected chi connectivity index (χ0v) is 17.6. The van der Waals surface area contributed by atoms with Gasteiger partial charge < -0.3 is 9.32 Å². The molecule has 0 spiro atoms. The zero-order chi connectivity index (χ0) is 21.1. The van der Waals surface area contributed by atoms with Crippen LogP contribution in [0.15, 0.2) is 83.3 Å². The molecule has 0 fully saturated rings. The molecular weight excluding hydrogens is 416 g/mol. The van der Waals surface area contributed by atoms with E-state index in [0.29, 0.717) is 11.1 Å². The highest BCUT2D eigenvalue weighted by Gasteiger charge is 2.26. The van der Waals surface area contributed by atoms with Gasteiger partial charge in [-0.3, -0.25) is 9.59 Å². The van der Waals surface area contributed by atoms with E-state index in [9.17, 15) is 9.59 Å². The van der Waals surface area contributed by atoms with E-state index < -0.39 is 16.1 Å². The molecule has 1 heterocycles. The van der Waals surface area contributed by atoms with Crippen molar-refractivity contribution >= 4 is 63.7 Å². The fraction of sp³-hybridized carbons (Fsp3) is 0.0870. The fourth-order valence-electron chi connectivity index (χ4n) is 3.28. The maximum Gasteiger partial charge on any atom is 0.207 e. The molecule has 1 atom stereocenters. The second-order valence-electron chi connectivity index (χ2n) is 6.70. The van der Waals surface area contributed by atoms with Crippen LogP contribution in [0.2, 0.25) is 0 Å². The molecule has 3 aromatic carbocycles. The molecule has 0 aliphatic heterocycles. The van der Waals surface area contributed by atoms with Crippen LogP contribution in [-0.4, -0.2) is 15.2 Å². The Morgan fingerprint density at radius 1 is 0.867 bits per heavy atom. The Bertz CT molecular complexity index is 1150. The smallest absolute Gasteiger partial charge is 0.207 e. The molecule has 0 amide bonds. The number of hydrogen-bond acceptors (Lipinski definition) is 5. The third kappa shape index (κ3) is 4.27. The first-order valence-corrected chi connectivity index (χ1v) is 10.2. The van der Waals surface area contributed by atoms with Crippen molar-refractivity contribution in [3.05, 3.63) is 84.8 Å². The average Bonchev–Trinajstić information content (AvgIpc) is 3.16. The normalized spacial score (nSPS) is 11.9. The second-order valence-corrected chi connectivity index (χ2v) is 7.64. The summed E-state index contributed by atoms with van der Waals surface area (Å²) < 4.78 is 5.86. The minimum absolute atomic E-state index is 0.120. The van der Waals surface area contributed by atoms with Crippen LogP contribution in [0, 0.1) is 0 Å². The van der Waals surface area contributed by atoms with Crippen molar-refractivity contribution in [3.8, 4) is 0 Å². The van der Waals surface area contributed by atoms with Crippen molar-refractivity contribution in [2.24, 2.45) is 0 Å². The lowest BCUT2D eigenvalue weighted by Crippen LogP contribution is -2.10. The molecule has 5 nitrogen and oxygen atoms in total. The highest BCUT2D eigenvalue weighted by atomic mass is 32.1. The summed E-state index contributed by atoms with van der Waals surface area (Å²) in [6, 6.07) is 25.6. The molecule has 0 radical (unpaired) electrons. The van der Waals surface area contributed by atoms with Gasteiger partial charge in [0.15, 0.2) is 15.8 Å². The maximum absolute atomic E-state index is 11.9.